The first-order valence-corrected chi connectivity index (χ1v) is 23.6. The molecule has 2 saturated heterocycles. The number of phenols is 2. The minimum Gasteiger partial charge on any atom is -0.507 e. The lowest BCUT2D eigenvalue weighted by Gasteiger charge is -2.36. The third kappa shape index (κ3) is 10.3. The number of hydrogen-bond acceptors (Lipinski definition) is 8. The molecular formula is C50H78N8O2+2. The van der Waals surface area contributed by atoms with Crippen LogP contribution in [-0.2, 0) is 23.7 Å². The molecule has 10 heteroatoms. The molecule has 1 saturated carbocycles. The zero-order valence-corrected chi connectivity index (χ0v) is 38.6. The van der Waals surface area contributed by atoms with Gasteiger partial charge in [0.15, 0.2) is 0 Å². The highest BCUT2D eigenvalue weighted by atomic mass is 16.3. The number of aryl methyl sites for hydroxylation is 2. The lowest BCUT2D eigenvalue weighted by atomic mass is 9.84. The Kier molecular flexibility index (Phi) is 13.9. The van der Waals surface area contributed by atoms with Gasteiger partial charge in [0, 0.05) is 49.2 Å². The fourth-order valence-corrected chi connectivity index (χ4v) is 10.3. The molecule has 328 valence electrons. The first kappa shape index (κ1) is 44.0. The Morgan fingerprint density at radius 3 is 1.38 bits per heavy atom. The van der Waals surface area contributed by atoms with E-state index in [0.717, 1.165) is 139 Å². The molecule has 7 rings (SSSR count). The molecule has 2 unspecified atom stereocenters. The maximum Gasteiger partial charge on any atom is 0.350 e. The van der Waals surface area contributed by atoms with Gasteiger partial charge in [-0.25, -0.2) is 0 Å². The molecule has 2 aromatic rings. The number of rotatable bonds is 12. The van der Waals surface area contributed by atoms with Crippen molar-refractivity contribution in [3.05, 3.63) is 57.6 Å². The Morgan fingerprint density at radius 2 is 0.983 bits per heavy atom. The number of nitrogens with zero attached hydrogens (tertiary/aromatic N) is 8. The van der Waals surface area contributed by atoms with E-state index in [2.05, 4.69) is 109 Å². The summed E-state index contributed by atoms with van der Waals surface area (Å²) in [5.41, 5.74) is 5.98. The van der Waals surface area contributed by atoms with Gasteiger partial charge >= 0.3 is 11.9 Å². The number of fused-ring (bicyclic) bond motifs is 2. The second-order valence-corrected chi connectivity index (χ2v) is 20.6. The van der Waals surface area contributed by atoms with Crippen LogP contribution in [0.5, 0.6) is 11.5 Å². The molecule has 0 radical (unpaired) electrons. The molecule has 5 aliphatic rings. The van der Waals surface area contributed by atoms with Crippen molar-refractivity contribution in [1.82, 2.24) is 19.6 Å². The summed E-state index contributed by atoms with van der Waals surface area (Å²) >= 11 is 0. The highest BCUT2D eigenvalue weighted by molar-refractivity contribution is 5.86. The second-order valence-electron chi connectivity index (χ2n) is 20.6. The summed E-state index contributed by atoms with van der Waals surface area (Å²) in [5, 5.41) is 23.5. The Bertz CT molecular complexity index is 1810. The van der Waals surface area contributed by atoms with Gasteiger partial charge in [0.25, 0.3) is 0 Å². The highest BCUT2D eigenvalue weighted by Crippen LogP contribution is 2.34. The smallest absolute Gasteiger partial charge is 0.350 e. The molecule has 0 aromatic heterocycles. The van der Waals surface area contributed by atoms with E-state index in [1.165, 1.54) is 48.7 Å². The van der Waals surface area contributed by atoms with Crippen LogP contribution in [0.1, 0.15) is 139 Å². The van der Waals surface area contributed by atoms with Crippen molar-refractivity contribution in [2.75, 3.05) is 79.5 Å². The van der Waals surface area contributed by atoms with Gasteiger partial charge in [-0.15, -0.1) is 0 Å². The molecule has 2 atom stereocenters. The summed E-state index contributed by atoms with van der Waals surface area (Å²) in [4.78, 5) is 20.6. The largest absolute Gasteiger partial charge is 0.507 e. The van der Waals surface area contributed by atoms with Gasteiger partial charge in [-0.1, -0.05) is 66.5 Å². The Labute approximate surface area is 362 Å². The van der Waals surface area contributed by atoms with Crippen molar-refractivity contribution >= 4 is 24.3 Å². The summed E-state index contributed by atoms with van der Waals surface area (Å²) in [6.45, 7) is 24.6. The van der Waals surface area contributed by atoms with Crippen LogP contribution in [0, 0.1) is 0 Å². The third-order valence-electron chi connectivity index (χ3n) is 13.8. The number of phenolic OH excluding ortho intramolecular Hbond substituents is 2. The van der Waals surface area contributed by atoms with E-state index in [4.69, 9.17) is 9.98 Å². The predicted molar refractivity (Wildman–Crippen MR) is 248 cm³/mol. The van der Waals surface area contributed by atoms with Crippen LogP contribution < -0.4 is 0 Å². The van der Waals surface area contributed by atoms with E-state index in [0.29, 0.717) is 11.5 Å². The van der Waals surface area contributed by atoms with E-state index in [-0.39, 0.29) is 22.9 Å². The number of guanidine groups is 2. The van der Waals surface area contributed by atoms with Crippen LogP contribution in [0.4, 0.5) is 0 Å². The zero-order valence-electron chi connectivity index (χ0n) is 38.6. The van der Waals surface area contributed by atoms with Gasteiger partial charge in [-0.2, -0.15) is 0 Å². The standard InChI is InChI=1S/C50H76N8O2/c1-49(2,3)41-31-37(17-11-23-55-27-15-29-57-25-13-21-53(7)47(55)57)45(59)39(33-41)35-51-43-19-9-10-20-44(43)52-36-40-34-42(50(4,5)6)32-38(46(40)60)18-12-24-56-28-16-30-58-26-14-22-54(8)48(56)58/h31-36,43-44H,9-30H2,1-8H3/p+2. The number of aliphatic imine (C=N–C) groups is 2. The number of hydrogen-bond donors (Lipinski definition) is 2. The van der Waals surface area contributed by atoms with Crippen molar-refractivity contribution < 1.29 is 19.4 Å². The predicted octanol–water partition coefficient (Wildman–Crippen LogP) is 7.23. The fraction of sp³-hybridized carbons (Fsp3) is 0.680. The van der Waals surface area contributed by atoms with Gasteiger partial charge in [-0.05, 0) is 83.7 Å². The Balaban J connectivity index is 1.06. The van der Waals surface area contributed by atoms with Gasteiger partial charge in [0.05, 0.1) is 91.6 Å². The fourth-order valence-electron chi connectivity index (χ4n) is 10.3. The van der Waals surface area contributed by atoms with Crippen molar-refractivity contribution in [1.29, 1.82) is 0 Å². The maximum atomic E-state index is 11.7. The Morgan fingerprint density at radius 1 is 0.583 bits per heavy atom. The highest BCUT2D eigenvalue weighted by Gasteiger charge is 2.36. The van der Waals surface area contributed by atoms with Crippen LogP contribution in [0.3, 0.4) is 0 Å². The maximum absolute atomic E-state index is 11.7. The molecule has 0 spiro atoms. The molecule has 4 heterocycles. The van der Waals surface area contributed by atoms with Crippen molar-refractivity contribution in [2.45, 2.75) is 142 Å². The van der Waals surface area contributed by atoms with Crippen LogP contribution in [0.2, 0.25) is 0 Å². The minimum absolute atomic E-state index is 0.0228. The van der Waals surface area contributed by atoms with E-state index in [9.17, 15) is 10.2 Å². The molecule has 3 fully saturated rings. The average molecular weight is 823 g/mol. The van der Waals surface area contributed by atoms with Gasteiger partial charge in [-0.3, -0.25) is 38.7 Å². The van der Waals surface area contributed by atoms with Crippen molar-refractivity contribution in [3.8, 4) is 11.5 Å². The van der Waals surface area contributed by atoms with E-state index >= 15 is 0 Å². The molecule has 2 aromatic carbocycles. The summed E-state index contributed by atoms with van der Waals surface area (Å²) < 4.78 is 4.86. The summed E-state index contributed by atoms with van der Waals surface area (Å²) in [6, 6.07) is 8.78. The lowest BCUT2D eigenvalue weighted by Crippen LogP contribution is -2.57. The van der Waals surface area contributed by atoms with Crippen molar-refractivity contribution in [3.63, 3.8) is 0 Å². The quantitative estimate of drug-likeness (QED) is 0.174. The third-order valence-corrected chi connectivity index (χ3v) is 13.8. The van der Waals surface area contributed by atoms with Gasteiger partial charge in [0.1, 0.15) is 11.5 Å². The summed E-state index contributed by atoms with van der Waals surface area (Å²) in [7, 11) is 4.46. The monoisotopic (exact) mass is 823 g/mol. The molecule has 60 heavy (non-hydrogen) atoms. The van der Waals surface area contributed by atoms with E-state index in [1.54, 1.807) is 0 Å². The molecule has 10 nitrogen and oxygen atoms in total. The Hall–Kier alpha value is -4.08. The molecule has 0 bridgehead atoms. The van der Waals surface area contributed by atoms with Crippen LogP contribution >= 0.6 is 0 Å². The number of benzene rings is 2. The van der Waals surface area contributed by atoms with E-state index < -0.39 is 0 Å². The molecule has 1 aliphatic carbocycles. The SMILES string of the molecule is C[N+]1=C2N(CCCc3cc(C(C)(C)C)cc(C=NC4CCCCC4N=Cc4cc(C(C)(C)C)cc(CCCN5CCCN6CCC[N+](C)=C56)c4O)c3O)CCCN2CCC1. The van der Waals surface area contributed by atoms with Crippen molar-refractivity contribution in [2.24, 2.45) is 9.98 Å². The van der Waals surface area contributed by atoms with Gasteiger partial charge in [0.2, 0.25) is 0 Å². The molecule has 0 amide bonds. The summed E-state index contributed by atoms with van der Waals surface area (Å²) in [5.74, 6) is 3.51. The number of aromatic hydroxyl groups is 2. The zero-order chi connectivity index (χ0) is 42.6. The molecule has 2 N–H and O–H groups in total. The van der Waals surface area contributed by atoms with Crippen LogP contribution in [0.15, 0.2) is 34.3 Å². The normalized spacial score (nSPS) is 22.1. The first-order chi connectivity index (χ1) is 28.7. The average Bonchev–Trinajstić information content (AvgIpc) is 3.21. The summed E-state index contributed by atoms with van der Waals surface area (Å²) in [6.07, 6.45) is 16.5. The van der Waals surface area contributed by atoms with Crippen LogP contribution in [0.25, 0.3) is 0 Å². The first-order valence-electron chi connectivity index (χ1n) is 23.6. The van der Waals surface area contributed by atoms with Crippen LogP contribution in [-0.4, -0.2) is 155 Å². The lowest BCUT2D eigenvalue weighted by molar-refractivity contribution is -0.515. The molecular weight excluding hydrogens is 745 g/mol. The topological polar surface area (TPSA) is 84.2 Å². The second kappa shape index (κ2) is 18.9. The van der Waals surface area contributed by atoms with Gasteiger partial charge < -0.3 is 10.2 Å². The van der Waals surface area contributed by atoms with E-state index in [1.807, 2.05) is 12.4 Å². The minimum atomic E-state index is -0.0565. The molecule has 4 aliphatic heterocycles.